The zero-order chi connectivity index (χ0) is 18.5. The molecule has 2 saturated heterocycles. The number of carboxylic acid groups (broad SMARTS) is 1. The maximum absolute atomic E-state index is 12.9. The van der Waals surface area contributed by atoms with Gasteiger partial charge < -0.3 is 10.0 Å². The van der Waals surface area contributed by atoms with Gasteiger partial charge in [0.15, 0.2) is 5.65 Å². The van der Waals surface area contributed by atoms with E-state index in [4.69, 9.17) is 0 Å². The quantitative estimate of drug-likeness (QED) is 0.864. The molecule has 0 aliphatic carbocycles. The lowest BCUT2D eigenvalue weighted by Crippen LogP contribution is -2.44. The van der Waals surface area contributed by atoms with Crippen LogP contribution in [0.3, 0.4) is 0 Å². The number of aryl methyl sites for hydroxylation is 1. The van der Waals surface area contributed by atoms with Gasteiger partial charge in [-0.25, -0.2) is 9.50 Å². The summed E-state index contributed by atoms with van der Waals surface area (Å²) in [5, 5.41) is 13.6. The molecule has 2 aromatic heterocycles. The Morgan fingerprint density at radius 2 is 2.00 bits per heavy atom. The third-order valence-electron chi connectivity index (χ3n) is 5.86. The number of likely N-dealkylation sites (tertiary alicyclic amines) is 2. The lowest BCUT2D eigenvalue weighted by molar-refractivity contribution is -0.141. The second-order valence-corrected chi connectivity index (χ2v) is 7.72. The van der Waals surface area contributed by atoms with Crippen LogP contribution in [0.25, 0.3) is 5.65 Å². The number of carboxylic acids is 1. The van der Waals surface area contributed by atoms with Gasteiger partial charge in [-0.1, -0.05) is 0 Å². The first-order valence-electron chi connectivity index (χ1n) is 8.91. The van der Waals surface area contributed by atoms with Crippen molar-refractivity contribution in [3.8, 4) is 0 Å². The molecule has 1 amide bonds. The van der Waals surface area contributed by atoms with Crippen LogP contribution in [0.1, 0.15) is 35.2 Å². The topological polar surface area (TPSA) is 91.0 Å². The van der Waals surface area contributed by atoms with E-state index in [0.717, 1.165) is 24.9 Å². The SMILES string of the molecule is Cc1cnc2c(C(=O)N3CCC4(CC3)C[C@@H](C(=O)O)N(C)C4)cnn2c1. The van der Waals surface area contributed by atoms with Gasteiger partial charge in [0.1, 0.15) is 11.6 Å². The van der Waals surface area contributed by atoms with Crippen LogP contribution in [-0.4, -0.2) is 74.1 Å². The molecule has 2 aliphatic rings. The maximum Gasteiger partial charge on any atom is 0.320 e. The number of amides is 1. The van der Waals surface area contributed by atoms with E-state index >= 15 is 0 Å². The number of hydrogen-bond donors (Lipinski definition) is 1. The number of carbonyl (C=O) groups excluding carboxylic acids is 1. The number of nitrogens with zero attached hydrogens (tertiary/aromatic N) is 5. The van der Waals surface area contributed by atoms with E-state index < -0.39 is 12.0 Å². The number of aliphatic carboxylic acids is 1. The van der Waals surface area contributed by atoms with Gasteiger partial charge in [-0.3, -0.25) is 14.5 Å². The first kappa shape index (κ1) is 17.0. The van der Waals surface area contributed by atoms with Gasteiger partial charge in [0.05, 0.1) is 6.20 Å². The molecule has 1 atom stereocenters. The van der Waals surface area contributed by atoms with Crippen molar-refractivity contribution < 1.29 is 14.7 Å². The highest BCUT2D eigenvalue weighted by Gasteiger charge is 2.47. The lowest BCUT2D eigenvalue weighted by atomic mass is 9.76. The van der Waals surface area contributed by atoms with Crippen molar-refractivity contribution in [2.45, 2.75) is 32.2 Å². The van der Waals surface area contributed by atoms with Crippen LogP contribution in [0.5, 0.6) is 0 Å². The van der Waals surface area contributed by atoms with Crippen molar-refractivity contribution in [3.05, 3.63) is 29.7 Å². The van der Waals surface area contributed by atoms with E-state index in [1.807, 2.05) is 30.0 Å². The summed E-state index contributed by atoms with van der Waals surface area (Å²) < 4.78 is 1.64. The van der Waals surface area contributed by atoms with Crippen molar-refractivity contribution in [1.82, 2.24) is 24.4 Å². The Morgan fingerprint density at radius 1 is 1.27 bits per heavy atom. The molecule has 1 spiro atoms. The Hall–Kier alpha value is -2.48. The van der Waals surface area contributed by atoms with Gasteiger partial charge in [0.25, 0.3) is 5.91 Å². The zero-order valence-electron chi connectivity index (χ0n) is 15.1. The summed E-state index contributed by atoms with van der Waals surface area (Å²) in [5.74, 6) is -0.803. The van der Waals surface area contributed by atoms with Crippen molar-refractivity contribution >= 4 is 17.5 Å². The van der Waals surface area contributed by atoms with Gasteiger partial charge in [-0.2, -0.15) is 5.10 Å². The number of hydrogen-bond acceptors (Lipinski definition) is 5. The second kappa shape index (κ2) is 6.05. The molecule has 4 heterocycles. The normalized spacial score (nSPS) is 23.0. The summed E-state index contributed by atoms with van der Waals surface area (Å²) in [5.41, 5.74) is 2.09. The highest BCUT2D eigenvalue weighted by atomic mass is 16.4. The van der Waals surface area contributed by atoms with E-state index in [0.29, 0.717) is 30.7 Å². The van der Waals surface area contributed by atoms with E-state index in [2.05, 4.69) is 10.1 Å². The average molecular weight is 357 g/mol. The molecule has 2 aliphatic heterocycles. The Labute approximate surface area is 151 Å². The number of likely N-dealkylation sites (N-methyl/N-ethyl adjacent to an activating group) is 1. The van der Waals surface area contributed by atoms with E-state index in [9.17, 15) is 14.7 Å². The van der Waals surface area contributed by atoms with Crippen LogP contribution in [0.2, 0.25) is 0 Å². The van der Waals surface area contributed by atoms with Crippen molar-refractivity contribution in [2.75, 3.05) is 26.7 Å². The highest BCUT2D eigenvalue weighted by molar-refractivity contribution is 5.99. The summed E-state index contributed by atoms with van der Waals surface area (Å²) in [6.07, 6.45) is 7.50. The van der Waals surface area contributed by atoms with Gasteiger partial charge >= 0.3 is 5.97 Å². The number of rotatable bonds is 2. The summed E-state index contributed by atoms with van der Waals surface area (Å²) in [6.45, 7) is 4.00. The molecule has 1 N–H and O–H groups in total. The molecule has 8 nitrogen and oxygen atoms in total. The minimum Gasteiger partial charge on any atom is -0.480 e. The smallest absolute Gasteiger partial charge is 0.320 e. The molecule has 0 bridgehead atoms. The van der Waals surface area contributed by atoms with Crippen molar-refractivity contribution in [1.29, 1.82) is 0 Å². The third kappa shape index (κ3) is 2.74. The predicted octanol–water partition coefficient (Wildman–Crippen LogP) is 1.05. The van der Waals surface area contributed by atoms with Crippen LogP contribution >= 0.6 is 0 Å². The Morgan fingerprint density at radius 3 is 2.65 bits per heavy atom. The average Bonchev–Trinajstić information content (AvgIpc) is 3.16. The largest absolute Gasteiger partial charge is 0.480 e. The van der Waals surface area contributed by atoms with Crippen LogP contribution in [0.15, 0.2) is 18.6 Å². The minimum absolute atomic E-state index is 0.00500. The van der Waals surface area contributed by atoms with Crippen molar-refractivity contribution in [3.63, 3.8) is 0 Å². The first-order valence-corrected chi connectivity index (χ1v) is 8.91. The predicted molar refractivity (Wildman–Crippen MR) is 94.0 cm³/mol. The van der Waals surface area contributed by atoms with Crippen LogP contribution in [-0.2, 0) is 4.79 Å². The van der Waals surface area contributed by atoms with Crippen LogP contribution in [0.4, 0.5) is 0 Å². The lowest BCUT2D eigenvalue weighted by Gasteiger charge is -2.39. The van der Waals surface area contributed by atoms with Gasteiger partial charge in [0, 0.05) is 32.0 Å². The first-order chi connectivity index (χ1) is 12.4. The molecule has 0 aromatic carbocycles. The zero-order valence-corrected chi connectivity index (χ0v) is 15.1. The Bertz CT molecular complexity index is 869. The standard InChI is InChI=1S/C18H23N5O3/c1-12-8-19-15-13(9-20-23(15)10-12)16(24)22-5-3-18(4-6-22)7-14(17(25)26)21(2)11-18/h8-10,14H,3-7,11H2,1-2H3,(H,25,26)/t14-/m0/s1. The Balaban J connectivity index is 1.48. The highest BCUT2D eigenvalue weighted by Crippen LogP contribution is 2.43. The van der Waals surface area contributed by atoms with E-state index in [-0.39, 0.29) is 11.3 Å². The van der Waals surface area contributed by atoms with Gasteiger partial charge in [0.2, 0.25) is 0 Å². The summed E-state index contributed by atoms with van der Waals surface area (Å²) >= 11 is 0. The summed E-state index contributed by atoms with van der Waals surface area (Å²) in [4.78, 5) is 32.4. The maximum atomic E-state index is 12.9. The fourth-order valence-corrected chi connectivity index (χ4v) is 4.38. The molecule has 26 heavy (non-hydrogen) atoms. The fraction of sp³-hybridized carbons (Fsp3) is 0.556. The van der Waals surface area contributed by atoms with Gasteiger partial charge in [-0.15, -0.1) is 0 Å². The van der Waals surface area contributed by atoms with Crippen LogP contribution < -0.4 is 0 Å². The molecular weight excluding hydrogens is 334 g/mol. The summed E-state index contributed by atoms with van der Waals surface area (Å²) in [7, 11) is 1.87. The third-order valence-corrected chi connectivity index (χ3v) is 5.86. The van der Waals surface area contributed by atoms with E-state index in [1.165, 1.54) is 0 Å². The number of fused-ring (bicyclic) bond motifs is 1. The molecule has 138 valence electrons. The fourth-order valence-electron chi connectivity index (χ4n) is 4.38. The molecule has 4 rings (SSSR count). The molecule has 2 aromatic rings. The van der Waals surface area contributed by atoms with Gasteiger partial charge in [-0.05, 0) is 44.2 Å². The molecule has 0 unspecified atom stereocenters. The molecule has 8 heteroatoms. The number of piperidine rings is 1. The van der Waals surface area contributed by atoms with E-state index in [1.54, 1.807) is 16.9 Å². The Kier molecular flexibility index (Phi) is 3.95. The number of aromatic nitrogens is 3. The molecule has 0 radical (unpaired) electrons. The van der Waals surface area contributed by atoms with Crippen molar-refractivity contribution in [2.24, 2.45) is 5.41 Å². The monoisotopic (exact) mass is 357 g/mol. The summed E-state index contributed by atoms with van der Waals surface area (Å²) in [6, 6.07) is -0.413. The molecular formula is C18H23N5O3. The number of carbonyl (C=O) groups is 2. The van der Waals surface area contributed by atoms with Crippen LogP contribution in [0, 0.1) is 12.3 Å². The molecule has 2 fully saturated rings. The molecule has 0 saturated carbocycles. The minimum atomic E-state index is -0.754. The second-order valence-electron chi connectivity index (χ2n) is 7.72.